The van der Waals surface area contributed by atoms with Crippen LogP contribution in [-0.4, -0.2) is 18.6 Å². The molecule has 0 aliphatic carbocycles. The maximum Gasteiger partial charge on any atom is 0.323 e. The van der Waals surface area contributed by atoms with E-state index in [1.165, 1.54) is 25.7 Å². The lowest BCUT2D eigenvalue weighted by Gasteiger charge is -2.11. The lowest BCUT2D eigenvalue weighted by molar-refractivity contribution is -0.145. The largest absolute Gasteiger partial charge is 0.465 e. The van der Waals surface area contributed by atoms with E-state index in [0.29, 0.717) is 13.0 Å². The fourth-order valence-electron chi connectivity index (χ4n) is 2.11. The van der Waals surface area contributed by atoms with Crippen LogP contribution in [-0.2, 0) is 16.0 Å². The Labute approximate surface area is 122 Å². The fraction of sp³-hybridized carbons (Fsp3) is 0.588. The second kappa shape index (κ2) is 10.4. The standard InChI is InChI=1S/C17H27NO2/c1-2-3-4-5-6-10-13-20-17(19)16(18)14-15-11-8-7-9-12-15/h7-9,11-12,16H,2-6,10,13-14,18H2,1H3. The molecule has 1 aromatic rings. The van der Waals surface area contributed by atoms with E-state index in [2.05, 4.69) is 6.92 Å². The monoisotopic (exact) mass is 277 g/mol. The van der Waals surface area contributed by atoms with E-state index in [1.807, 2.05) is 30.3 Å². The molecular formula is C17H27NO2. The van der Waals surface area contributed by atoms with Crippen LogP contribution in [0.1, 0.15) is 51.0 Å². The first kappa shape index (κ1) is 16.7. The van der Waals surface area contributed by atoms with Crippen LogP contribution in [0.25, 0.3) is 0 Å². The molecule has 0 fully saturated rings. The molecule has 1 atom stereocenters. The predicted octanol–water partition coefficient (Wildman–Crippen LogP) is 3.46. The maximum absolute atomic E-state index is 11.7. The number of hydrogen-bond donors (Lipinski definition) is 1. The minimum atomic E-state index is -0.558. The molecule has 1 unspecified atom stereocenters. The van der Waals surface area contributed by atoms with Gasteiger partial charge in [0.05, 0.1) is 6.61 Å². The van der Waals surface area contributed by atoms with E-state index in [-0.39, 0.29) is 5.97 Å². The summed E-state index contributed by atoms with van der Waals surface area (Å²) < 4.78 is 5.22. The fourth-order valence-corrected chi connectivity index (χ4v) is 2.11. The summed E-state index contributed by atoms with van der Waals surface area (Å²) in [5.41, 5.74) is 6.92. The zero-order valence-electron chi connectivity index (χ0n) is 12.5. The number of nitrogens with two attached hydrogens (primary N) is 1. The van der Waals surface area contributed by atoms with Gasteiger partial charge < -0.3 is 10.5 Å². The quantitative estimate of drug-likeness (QED) is 0.526. The van der Waals surface area contributed by atoms with E-state index < -0.39 is 6.04 Å². The van der Waals surface area contributed by atoms with E-state index in [4.69, 9.17) is 10.5 Å². The second-order valence-electron chi connectivity index (χ2n) is 5.23. The van der Waals surface area contributed by atoms with E-state index in [0.717, 1.165) is 18.4 Å². The lowest BCUT2D eigenvalue weighted by Crippen LogP contribution is -2.34. The number of ether oxygens (including phenoxy) is 1. The van der Waals surface area contributed by atoms with Crippen LogP contribution < -0.4 is 5.73 Å². The van der Waals surface area contributed by atoms with Gasteiger partial charge in [0.15, 0.2) is 0 Å². The van der Waals surface area contributed by atoms with Gasteiger partial charge in [-0.2, -0.15) is 0 Å². The van der Waals surface area contributed by atoms with Crippen molar-refractivity contribution in [3.63, 3.8) is 0 Å². The van der Waals surface area contributed by atoms with Gasteiger partial charge in [-0.1, -0.05) is 69.4 Å². The second-order valence-corrected chi connectivity index (χ2v) is 5.23. The van der Waals surface area contributed by atoms with Crippen molar-refractivity contribution in [3.8, 4) is 0 Å². The number of carbonyl (C=O) groups excluding carboxylic acids is 1. The summed E-state index contributed by atoms with van der Waals surface area (Å²) in [6, 6.07) is 9.23. The summed E-state index contributed by atoms with van der Waals surface area (Å²) in [4.78, 5) is 11.7. The Hall–Kier alpha value is -1.35. The Bertz CT molecular complexity index is 365. The summed E-state index contributed by atoms with van der Waals surface area (Å²) in [7, 11) is 0. The molecule has 0 aliphatic heterocycles. The summed E-state index contributed by atoms with van der Waals surface area (Å²) in [5, 5.41) is 0. The molecule has 0 heterocycles. The normalized spacial score (nSPS) is 12.1. The molecule has 20 heavy (non-hydrogen) atoms. The molecule has 112 valence electrons. The average Bonchev–Trinajstić information content (AvgIpc) is 2.47. The Morgan fingerprint density at radius 1 is 1.10 bits per heavy atom. The van der Waals surface area contributed by atoms with Crippen LogP contribution in [0.15, 0.2) is 30.3 Å². The Morgan fingerprint density at radius 2 is 1.75 bits per heavy atom. The van der Waals surface area contributed by atoms with Gasteiger partial charge in [0.1, 0.15) is 6.04 Å². The smallest absolute Gasteiger partial charge is 0.323 e. The van der Waals surface area contributed by atoms with Crippen molar-refractivity contribution in [2.45, 2.75) is 57.9 Å². The van der Waals surface area contributed by atoms with Crippen LogP contribution in [0, 0.1) is 0 Å². The van der Waals surface area contributed by atoms with Gasteiger partial charge in [-0.25, -0.2) is 0 Å². The number of carbonyl (C=O) groups is 1. The third-order valence-electron chi connectivity index (χ3n) is 3.34. The van der Waals surface area contributed by atoms with Gasteiger partial charge in [-0.15, -0.1) is 0 Å². The first-order valence-corrected chi connectivity index (χ1v) is 7.70. The van der Waals surface area contributed by atoms with Crippen LogP contribution in [0.4, 0.5) is 0 Å². The first-order valence-electron chi connectivity index (χ1n) is 7.70. The molecule has 2 N–H and O–H groups in total. The molecule has 0 amide bonds. The summed E-state index contributed by atoms with van der Waals surface area (Å²) >= 11 is 0. The van der Waals surface area contributed by atoms with E-state index in [1.54, 1.807) is 0 Å². The molecule has 1 aromatic carbocycles. The zero-order valence-corrected chi connectivity index (χ0v) is 12.5. The SMILES string of the molecule is CCCCCCCCOC(=O)C(N)Cc1ccccc1. The number of benzene rings is 1. The molecule has 0 aliphatic rings. The van der Waals surface area contributed by atoms with Crippen molar-refractivity contribution in [2.75, 3.05) is 6.61 Å². The minimum absolute atomic E-state index is 0.289. The van der Waals surface area contributed by atoms with Crippen molar-refractivity contribution >= 4 is 5.97 Å². The van der Waals surface area contributed by atoms with Crippen LogP contribution in [0.2, 0.25) is 0 Å². The summed E-state index contributed by atoms with van der Waals surface area (Å²) in [5.74, 6) is -0.289. The summed E-state index contributed by atoms with van der Waals surface area (Å²) in [6.45, 7) is 2.70. The van der Waals surface area contributed by atoms with Crippen LogP contribution in [0.5, 0.6) is 0 Å². The van der Waals surface area contributed by atoms with Crippen molar-refractivity contribution in [2.24, 2.45) is 5.73 Å². The van der Waals surface area contributed by atoms with Crippen molar-refractivity contribution in [1.29, 1.82) is 0 Å². The van der Waals surface area contributed by atoms with Crippen LogP contribution in [0.3, 0.4) is 0 Å². The molecule has 0 aromatic heterocycles. The van der Waals surface area contributed by atoms with E-state index in [9.17, 15) is 4.79 Å². The highest BCUT2D eigenvalue weighted by atomic mass is 16.5. The molecule has 1 rings (SSSR count). The molecular weight excluding hydrogens is 250 g/mol. The molecule has 3 nitrogen and oxygen atoms in total. The number of rotatable bonds is 10. The van der Waals surface area contributed by atoms with Crippen LogP contribution >= 0.6 is 0 Å². The van der Waals surface area contributed by atoms with Gasteiger partial charge in [-0.3, -0.25) is 4.79 Å². The van der Waals surface area contributed by atoms with Crippen molar-refractivity contribution < 1.29 is 9.53 Å². The third-order valence-corrected chi connectivity index (χ3v) is 3.34. The van der Waals surface area contributed by atoms with Gasteiger partial charge >= 0.3 is 5.97 Å². The van der Waals surface area contributed by atoms with E-state index >= 15 is 0 Å². The third kappa shape index (κ3) is 7.29. The number of unbranched alkanes of at least 4 members (excludes halogenated alkanes) is 5. The van der Waals surface area contributed by atoms with Gasteiger partial charge in [0.25, 0.3) is 0 Å². The highest BCUT2D eigenvalue weighted by Crippen LogP contribution is 2.06. The predicted molar refractivity (Wildman–Crippen MR) is 82.5 cm³/mol. The molecule has 0 saturated heterocycles. The molecule has 3 heteroatoms. The number of esters is 1. The molecule has 0 radical (unpaired) electrons. The Kier molecular flexibility index (Phi) is 8.72. The van der Waals surface area contributed by atoms with Gasteiger partial charge in [0, 0.05) is 0 Å². The highest BCUT2D eigenvalue weighted by Gasteiger charge is 2.15. The van der Waals surface area contributed by atoms with Gasteiger partial charge in [-0.05, 0) is 18.4 Å². The Balaban J connectivity index is 2.10. The molecule has 0 saturated carbocycles. The Morgan fingerprint density at radius 3 is 2.45 bits per heavy atom. The molecule has 0 spiro atoms. The van der Waals surface area contributed by atoms with Crippen molar-refractivity contribution in [1.82, 2.24) is 0 Å². The average molecular weight is 277 g/mol. The minimum Gasteiger partial charge on any atom is -0.465 e. The summed E-state index contributed by atoms with van der Waals surface area (Å²) in [6.07, 6.45) is 7.65. The topological polar surface area (TPSA) is 52.3 Å². The first-order chi connectivity index (χ1) is 9.74. The maximum atomic E-state index is 11.7. The van der Waals surface area contributed by atoms with Crippen molar-refractivity contribution in [3.05, 3.63) is 35.9 Å². The lowest BCUT2D eigenvalue weighted by atomic mass is 10.1. The molecule has 0 bridgehead atoms. The number of hydrogen-bond acceptors (Lipinski definition) is 3. The highest BCUT2D eigenvalue weighted by molar-refractivity contribution is 5.75. The zero-order chi connectivity index (χ0) is 14.6. The van der Waals surface area contributed by atoms with Gasteiger partial charge in [0.2, 0.25) is 0 Å².